The highest BCUT2D eigenvalue weighted by atomic mass is 32.2. The molecule has 0 N–H and O–H groups in total. The van der Waals surface area contributed by atoms with Crippen LogP contribution in [-0.4, -0.2) is 44.3 Å². The number of aromatic nitrogens is 3. The van der Waals surface area contributed by atoms with Gasteiger partial charge in [-0.05, 0) is 45.2 Å². The lowest BCUT2D eigenvalue weighted by Gasteiger charge is -2.15. The van der Waals surface area contributed by atoms with Crippen molar-refractivity contribution in [1.29, 1.82) is 0 Å². The molecule has 1 aliphatic rings. The van der Waals surface area contributed by atoms with Crippen LogP contribution in [0.2, 0.25) is 0 Å². The van der Waals surface area contributed by atoms with Gasteiger partial charge in [0.15, 0.2) is 5.82 Å². The Kier molecular flexibility index (Phi) is 4.31. The first-order valence-electron chi connectivity index (χ1n) is 7.40. The maximum Gasteiger partial charge on any atom is 0.153 e. The van der Waals surface area contributed by atoms with E-state index in [9.17, 15) is 0 Å². The number of hydrogen-bond donors (Lipinski definition) is 0. The molecule has 5 heteroatoms. The topological polar surface area (TPSA) is 34.0 Å². The van der Waals surface area contributed by atoms with Gasteiger partial charge >= 0.3 is 0 Å². The van der Waals surface area contributed by atoms with Crippen molar-refractivity contribution in [3.05, 3.63) is 41.3 Å². The highest BCUT2D eigenvalue weighted by Crippen LogP contribution is 2.24. The number of hydrogen-bond acceptors (Lipinski definition) is 4. The molecule has 3 heterocycles. The summed E-state index contributed by atoms with van der Waals surface area (Å²) in [5.41, 5.74) is 3.67. The second-order valence-corrected chi connectivity index (χ2v) is 6.77. The Labute approximate surface area is 130 Å². The van der Waals surface area contributed by atoms with Crippen molar-refractivity contribution < 1.29 is 0 Å². The van der Waals surface area contributed by atoms with Crippen molar-refractivity contribution in [1.82, 2.24) is 19.7 Å². The fourth-order valence-corrected chi connectivity index (χ4v) is 3.66. The van der Waals surface area contributed by atoms with Gasteiger partial charge in [-0.3, -0.25) is 4.90 Å². The molecule has 2 aromatic rings. The molecule has 0 amide bonds. The van der Waals surface area contributed by atoms with E-state index in [4.69, 9.17) is 0 Å². The molecule has 1 fully saturated rings. The van der Waals surface area contributed by atoms with Crippen molar-refractivity contribution in [2.45, 2.75) is 32.1 Å². The number of likely N-dealkylation sites (tertiary alicyclic amines) is 1. The summed E-state index contributed by atoms with van der Waals surface area (Å²) in [7, 11) is 0. The molecule has 21 heavy (non-hydrogen) atoms. The average molecular weight is 302 g/mol. The summed E-state index contributed by atoms with van der Waals surface area (Å²) in [5, 5.41) is 5.47. The van der Waals surface area contributed by atoms with Gasteiger partial charge in [0.05, 0.1) is 5.69 Å². The molecular weight excluding hydrogens is 280 g/mol. The minimum absolute atomic E-state index is 0.788. The fourth-order valence-electron chi connectivity index (χ4n) is 2.96. The summed E-state index contributed by atoms with van der Waals surface area (Å²) in [6.45, 7) is 7.63. The molecule has 1 atom stereocenters. The van der Waals surface area contributed by atoms with Crippen molar-refractivity contribution in [2.24, 2.45) is 0 Å². The third-order valence-electron chi connectivity index (χ3n) is 4.25. The zero-order valence-corrected chi connectivity index (χ0v) is 13.7. The highest BCUT2D eigenvalue weighted by Gasteiger charge is 2.24. The molecule has 1 unspecified atom stereocenters. The van der Waals surface area contributed by atoms with Gasteiger partial charge in [0.1, 0.15) is 0 Å². The van der Waals surface area contributed by atoms with Crippen LogP contribution in [0.25, 0.3) is 5.82 Å². The number of pyridine rings is 1. The SMILES string of the molecule is CSC1CCN(Cc2c(C)nn(-c3ccccn3)c2C)C1. The van der Waals surface area contributed by atoms with Crippen molar-refractivity contribution >= 4 is 11.8 Å². The fraction of sp³-hybridized carbons (Fsp3) is 0.500. The minimum atomic E-state index is 0.788. The molecule has 0 saturated carbocycles. The Bertz CT molecular complexity index is 608. The van der Waals surface area contributed by atoms with Gasteiger partial charge in [-0.1, -0.05) is 6.07 Å². The van der Waals surface area contributed by atoms with E-state index < -0.39 is 0 Å². The molecule has 3 rings (SSSR count). The van der Waals surface area contributed by atoms with Crippen LogP contribution in [0.1, 0.15) is 23.4 Å². The molecule has 112 valence electrons. The molecule has 0 radical (unpaired) electrons. The number of thioether (sulfide) groups is 1. The Morgan fingerprint density at radius 1 is 1.33 bits per heavy atom. The summed E-state index contributed by atoms with van der Waals surface area (Å²) in [5.74, 6) is 0.896. The van der Waals surface area contributed by atoms with Crippen LogP contribution in [0, 0.1) is 13.8 Å². The molecule has 0 aliphatic carbocycles. The standard InChI is InChI=1S/C16H22N4S/c1-12-15(11-19-9-7-14(10-19)21-3)13(2)20(18-12)16-6-4-5-8-17-16/h4-6,8,14H,7,9-11H2,1-3H3. The van der Waals surface area contributed by atoms with Crippen LogP contribution in [0.3, 0.4) is 0 Å². The molecular formula is C16H22N4S. The Hall–Kier alpha value is -1.33. The summed E-state index contributed by atoms with van der Waals surface area (Å²) in [6.07, 6.45) is 5.33. The Morgan fingerprint density at radius 3 is 2.86 bits per heavy atom. The van der Waals surface area contributed by atoms with E-state index in [0.717, 1.165) is 23.3 Å². The van der Waals surface area contributed by atoms with Crippen LogP contribution in [-0.2, 0) is 6.54 Å². The van der Waals surface area contributed by atoms with Gasteiger partial charge in [-0.2, -0.15) is 16.9 Å². The molecule has 0 aromatic carbocycles. The number of nitrogens with zero attached hydrogens (tertiary/aromatic N) is 4. The van der Waals surface area contributed by atoms with E-state index in [1.54, 1.807) is 0 Å². The summed E-state index contributed by atoms with van der Waals surface area (Å²) >= 11 is 1.98. The van der Waals surface area contributed by atoms with Gasteiger partial charge in [0, 0.05) is 35.8 Å². The minimum Gasteiger partial charge on any atom is -0.298 e. The number of aryl methyl sites for hydroxylation is 1. The zero-order chi connectivity index (χ0) is 14.8. The first-order valence-corrected chi connectivity index (χ1v) is 8.69. The van der Waals surface area contributed by atoms with Crippen molar-refractivity contribution in [2.75, 3.05) is 19.3 Å². The maximum absolute atomic E-state index is 4.68. The van der Waals surface area contributed by atoms with Crippen LogP contribution in [0.15, 0.2) is 24.4 Å². The quantitative estimate of drug-likeness (QED) is 0.870. The molecule has 2 aromatic heterocycles. The predicted molar refractivity (Wildman–Crippen MR) is 88.0 cm³/mol. The third kappa shape index (κ3) is 2.99. The molecule has 0 spiro atoms. The smallest absolute Gasteiger partial charge is 0.153 e. The molecule has 4 nitrogen and oxygen atoms in total. The van der Waals surface area contributed by atoms with Crippen LogP contribution >= 0.6 is 11.8 Å². The first kappa shape index (κ1) is 14.6. The van der Waals surface area contributed by atoms with E-state index in [-0.39, 0.29) is 0 Å². The van der Waals surface area contributed by atoms with Gasteiger partial charge in [-0.15, -0.1) is 0 Å². The summed E-state index contributed by atoms with van der Waals surface area (Å²) in [4.78, 5) is 6.95. The van der Waals surface area contributed by atoms with E-state index in [1.165, 1.54) is 30.8 Å². The maximum atomic E-state index is 4.68. The summed E-state index contributed by atoms with van der Waals surface area (Å²) < 4.78 is 1.97. The first-order chi connectivity index (χ1) is 10.2. The van der Waals surface area contributed by atoms with Gasteiger partial charge in [0.25, 0.3) is 0 Å². The van der Waals surface area contributed by atoms with Crippen LogP contribution in [0.4, 0.5) is 0 Å². The van der Waals surface area contributed by atoms with Gasteiger partial charge < -0.3 is 0 Å². The van der Waals surface area contributed by atoms with E-state index in [2.05, 4.69) is 35.1 Å². The van der Waals surface area contributed by atoms with Crippen LogP contribution in [0.5, 0.6) is 0 Å². The predicted octanol–water partition coefficient (Wildman–Crippen LogP) is 2.82. The molecule has 1 saturated heterocycles. The lowest BCUT2D eigenvalue weighted by molar-refractivity contribution is 0.331. The Balaban J connectivity index is 1.82. The van der Waals surface area contributed by atoms with E-state index >= 15 is 0 Å². The normalized spacial score (nSPS) is 19.3. The third-order valence-corrected chi connectivity index (χ3v) is 5.30. The second-order valence-electron chi connectivity index (χ2n) is 5.63. The van der Waals surface area contributed by atoms with Crippen LogP contribution < -0.4 is 0 Å². The molecule has 1 aliphatic heterocycles. The Morgan fingerprint density at radius 2 is 2.19 bits per heavy atom. The van der Waals surface area contributed by atoms with Crippen molar-refractivity contribution in [3.8, 4) is 5.82 Å². The van der Waals surface area contributed by atoms with Gasteiger partial charge in [0.2, 0.25) is 0 Å². The van der Waals surface area contributed by atoms with E-state index in [0.29, 0.717) is 0 Å². The average Bonchev–Trinajstić information content (AvgIpc) is 3.08. The highest BCUT2D eigenvalue weighted by molar-refractivity contribution is 7.99. The second kappa shape index (κ2) is 6.20. The zero-order valence-electron chi connectivity index (χ0n) is 12.9. The monoisotopic (exact) mass is 302 g/mol. The van der Waals surface area contributed by atoms with E-state index in [1.807, 2.05) is 40.8 Å². The number of rotatable bonds is 4. The summed E-state index contributed by atoms with van der Waals surface area (Å²) in [6, 6.07) is 5.94. The largest absolute Gasteiger partial charge is 0.298 e. The van der Waals surface area contributed by atoms with Crippen molar-refractivity contribution in [3.63, 3.8) is 0 Å². The van der Waals surface area contributed by atoms with Gasteiger partial charge in [-0.25, -0.2) is 9.67 Å². The molecule has 0 bridgehead atoms. The lowest BCUT2D eigenvalue weighted by atomic mass is 10.2. The lowest BCUT2D eigenvalue weighted by Crippen LogP contribution is -2.21.